The second-order valence-electron chi connectivity index (χ2n) is 6.81. The van der Waals surface area contributed by atoms with Crippen LogP contribution >= 0.6 is 0 Å². The molecule has 1 rings (SSSR count). The molecule has 25 heavy (non-hydrogen) atoms. The Morgan fingerprint density at radius 2 is 1.40 bits per heavy atom. The number of anilines is 1. The fourth-order valence-electron chi connectivity index (χ4n) is 2.93. The van der Waals surface area contributed by atoms with E-state index in [1.165, 1.54) is 44.1 Å². The van der Waals surface area contributed by atoms with Gasteiger partial charge >= 0.3 is 6.03 Å². The van der Waals surface area contributed by atoms with E-state index in [1.54, 1.807) is 4.90 Å². The number of rotatable bonds is 13. The molecule has 4 heteroatoms. The highest BCUT2D eigenvalue weighted by molar-refractivity contribution is 5.90. The number of primary amides is 1. The third-order valence-corrected chi connectivity index (χ3v) is 4.63. The molecule has 4 nitrogen and oxygen atoms in total. The van der Waals surface area contributed by atoms with Crippen molar-refractivity contribution in [2.75, 3.05) is 31.1 Å². The molecule has 0 spiro atoms. The maximum atomic E-state index is 11.9. The molecule has 0 aromatic heterocycles. The summed E-state index contributed by atoms with van der Waals surface area (Å²) in [5.74, 6) is 0. The van der Waals surface area contributed by atoms with Crippen LogP contribution in [0, 0.1) is 0 Å². The first kappa shape index (κ1) is 21.5. The second-order valence-corrected chi connectivity index (χ2v) is 6.81. The molecule has 0 radical (unpaired) electrons. The van der Waals surface area contributed by atoms with Crippen molar-refractivity contribution < 1.29 is 4.79 Å². The van der Waals surface area contributed by atoms with Gasteiger partial charge in [0.1, 0.15) is 0 Å². The zero-order valence-electron chi connectivity index (χ0n) is 16.5. The van der Waals surface area contributed by atoms with Crippen LogP contribution in [0.3, 0.4) is 0 Å². The van der Waals surface area contributed by atoms with E-state index < -0.39 is 0 Å². The van der Waals surface area contributed by atoms with Crippen molar-refractivity contribution in [3.05, 3.63) is 29.8 Å². The zero-order valence-corrected chi connectivity index (χ0v) is 16.5. The molecule has 0 aliphatic rings. The first-order valence-electron chi connectivity index (χ1n) is 10.0. The van der Waals surface area contributed by atoms with Crippen LogP contribution in [0.15, 0.2) is 24.3 Å². The SMILES string of the molecule is CCCCc1ccc(N(CCN(CCCC)CCCC)C(N)=O)cc1. The van der Waals surface area contributed by atoms with Gasteiger partial charge < -0.3 is 10.6 Å². The maximum absolute atomic E-state index is 11.9. The van der Waals surface area contributed by atoms with E-state index in [9.17, 15) is 4.79 Å². The first-order valence-corrected chi connectivity index (χ1v) is 10.0. The smallest absolute Gasteiger partial charge is 0.319 e. The molecule has 1 aromatic rings. The standard InChI is InChI=1S/C21H37N3O/c1-4-7-10-19-11-13-20(14-12-19)24(21(22)25)18-17-23(15-8-5-2)16-9-6-3/h11-14H,4-10,15-18H2,1-3H3,(H2,22,25). The van der Waals surface area contributed by atoms with Crippen molar-refractivity contribution in [3.8, 4) is 0 Å². The van der Waals surface area contributed by atoms with Gasteiger partial charge in [0.15, 0.2) is 0 Å². The second kappa shape index (κ2) is 12.8. The number of unbranched alkanes of at least 4 members (excludes halogenated alkanes) is 3. The summed E-state index contributed by atoms with van der Waals surface area (Å²) >= 11 is 0. The van der Waals surface area contributed by atoms with Crippen LogP contribution in [0.5, 0.6) is 0 Å². The van der Waals surface area contributed by atoms with Crippen LogP contribution in [0.4, 0.5) is 10.5 Å². The Morgan fingerprint density at radius 3 is 1.88 bits per heavy atom. The molecule has 0 atom stereocenters. The summed E-state index contributed by atoms with van der Waals surface area (Å²) in [6.07, 6.45) is 8.28. The van der Waals surface area contributed by atoms with E-state index in [0.717, 1.165) is 31.7 Å². The number of hydrogen-bond acceptors (Lipinski definition) is 2. The summed E-state index contributed by atoms with van der Waals surface area (Å²) < 4.78 is 0. The van der Waals surface area contributed by atoms with Crippen LogP contribution in [-0.2, 0) is 6.42 Å². The van der Waals surface area contributed by atoms with Gasteiger partial charge in [0.05, 0.1) is 0 Å². The summed E-state index contributed by atoms with van der Waals surface area (Å²) in [6.45, 7) is 10.4. The fraction of sp³-hybridized carbons (Fsp3) is 0.667. The van der Waals surface area contributed by atoms with Crippen molar-refractivity contribution in [1.29, 1.82) is 0 Å². The highest BCUT2D eigenvalue weighted by Gasteiger charge is 2.14. The number of nitrogens with two attached hydrogens (primary N) is 1. The fourth-order valence-corrected chi connectivity index (χ4v) is 2.93. The third kappa shape index (κ3) is 8.39. The molecule has 1 aromatic carbocycles. The quantitative estimate of drug-likeness (QED) is 0.556. The molecule has 0 unspecified atom stereocenters. The average molecular weight is 348 g/mol. The van der Waals surface area contributed by atoms with Gasteiger partial charge in [-0.15, -0.1) is 0 Å². The molecule has 0 heterocycles. The Labute approximate surface area is 154 Å². The van der Waals surface area contributed by atoms with E-state index >= 15 is 0 Å². The summed E-state index contributed by atoms with van der Waals surface area (Å²) in [5.41, 5.74) is 7.87. The summed E-state index contributed by atoms with van der Waals surface area (Å²) in [5, 5.41) is 0. The van der Waals surface area contributed by atoms with Crippen LogP contribution < -0.4 is 10.6 Å². The number of hydrogen-bond donors (Lipinski definition) is 1. The molecule has 0 aliphatic heterocycles. The third-order valence-electron chi connectivity index (χ3n) is 4.63. The molecule has 0 fully saturated rings. The lowest BCUT2D eigenvalue weighted by Crippen LogP contribution is -2.42. The molecule has 2 N–H and O–H groups in total. The monoisotopic (exact) mass is 347 g/mol. The van der Waals surface area contributed by atoms with E-state index in [4.69, 9.17) is 5.73 Å². The molecule has 142 valence electrons. The number of aryl methyl sites for hydroxylation is 1. The number of amides is 2. The minimum atomic E-state index is -0.368. The normalized spacial score (nSPS) is 11.0. The Bertz CT molecular complexity index is 465. The predicted molar refractivity (Wildman–Crippen MR) is 108 cm³/mol. The maximum Gasteiger partial charge on any atom is 0.319 e. The summed E-state index contributed by atoms with van der Waals surface area (Å²) in [6, 6.07) is 7.92. The van der Waals surface area contributed by atoms with Crippen LogP contribution in [-0.4, -0.2) is 37.1 Å². The van der Waals surface area contributed by atoms with Gasteiger partial charge in [0.25, 0.3) is 0 Å². The van der Waals surface area contributed by atoms with Gasteiger partial charge in [0.2, 0.25) is 0 Å². The average Bonchev–Trinajstić information content (AvgIpc) is 2.62. The van der Waals surface area contributed by atoms with Gasteiger partial charge in [-0.05, 0) is 56.5 Å². The molecule has 0 bridgehead atoms. The molecular formula is C21H37N3O. The van der Waals surface area contributed by atoms with Crippen molar-refractivity contribution in [2.24, 2.45) is 5.73 Å². The van der Waals surface area contributed by atoms with E-state index in [0.29, 0.717) is 6.54 Å². The lowest BCUT2D eigenvalue weighted by Gasteiger charge is -2.27. The van der Waals surface area contributed by atoms with Crippen molar-refractivity contribution in [2.45, 2.75) is 65.7 Å². The first-order chi connectivity index (χ1) is 12.1. The van der Waals surface area contributed by atoms with Gasteiger partial charge in [-0.25, -0.2) is 4.79 Å². The summed E-state index contributed by atoms with van der Waals surface area (Å²) in [7, 11) is 0. The molecule has 2 amide bonds. The van der Waals surface area contributed by atoms with Crippen molar-refractivity contribution >= 4 is 11.7 Å². The van der Waals surface area contributed by atoms with Crippen LogP contribution in [0.2, 0.25) is 0 Å². The predicted octanol–water partition coefficient (Wildman–Crippen LogP) is 4.82. The van der Waals surface area contributed by atoms with Gasteiger partial charge in [-0.1, -0.05) is 52.2 Å². The van der Waals surface area contributed by atoms with Crippen molar-refractivity contribution in [1.82, 2.24) is 4.90 Å². The lowest BCUT2D eigenvalue weighted by molar-refractivity contribution is 0.247. The minimum absolute atomic E-state index is 0.368. The largest absolute Gasteiger partial charge is 0.351 e. The minimum Gasteiger partial charge on any atom is -0.351 e. The molecular weight excluding hydrogens is 310 g/mol. The van der Waals surface area contributed by atoms with Crippen molar-refractivity contribution in [3.63, 3.8) is 0 Å². The van der Waals surface area contributed by atoms with E-state index in [2.05, 4.69) is 37.8 Å². The Balaban J connectivity index is 2.66. The number of carbonyl (C=O) groups is 1. The number of carbonyl (C=O) groups excluding carboxylic acids is 1. The summed E-state index contributed by atoms with van der Waals surface area (Å²) in [4.78, 5) is 16.1. The number of benzene rings is 1. The molecule has 0 aliphatic carbocycles. The van der Waals surface area contributed by atoms with Crippen LogP contribution in [0.25, 0.3) is 0 Å². The number of urea groups is 1. The highest BCUT2D eigenvalue weighted by Crippen LogP contribution is 2.17. The number of nitrogens with zero attached hydrogens (tertiary/aromatic N) is 2. The Morgan fingerprint density at radius 1 is 0.840 bits per heavy atom. The highest BCUT2D eigenvalue weighted by atomic mass is 16.2. The zero-order chi connectivity index (χ0) is 18.5. The topological polar surface area (TPSA) is 49.6 Å². The Hall–Kier alpha value is -1.55. The van der Waals surface area contributed by atoms with Gasteiger partial charge in [-0.2, -0.15) is 0 Å². The van der Waals surface area contributed by atoms with Gasteiger partial charge in [-0.3, -0.25) is 4.90 Å². The lowest BCUT2D eigenvalue weighted by atomic mass is 10.1. The van der Waals surface area contributed by atoms with E-state index in [-0.39, 0.29) is 6.03 Å². The van der Waals surface area contributed by atoms with E-state index in [1.807, 2.05) is 12.1 Å². The van der Waals surface area contributed by atoms with Gasteiger partial charge in [0, 0.05) is 18.8 Å². The van der Waals surface area contributed by atoms with Crippen LogP contribution in [0.1, 0.15) is 64.9 Å². The Kier molecular flexibility index (Phi) is 11.0. The molecule has 0 saturated carbocycles. The molecule has 0 saturated heterocycles.